The molecule has 5 nitrogen and oxygen atoms in total. The molecule has 0 spiro atoms. The molecule has 7 heteroatoms. The van der Waals surface area contributed by atoms with Gasteiger partial charge in [-0.05, 0) is 78.2 Å². The lowest BCUT2D eigenvalue weighted by molar-refractivity contribution is -0.122. The molecule has 0 saturated carbocycles. The molecule has 3 rings (SSSR count). The Morgan fingerprint density at radius 1 is 1.30 bits per heavy atom. The first-order chi connectivity index (χ1) is 12.8. The van der Waals surface area contributed by atoms with E-state index < -0.39 is 11.9 Å². The van der Waals surface area contributed by atoms with Crippen molar-refractivity contribution < 1.29 is 18.7 Å². The molecule has 27 heavy (non-hydrogen) atoms. The topological polar surface area (TPSA) is 58.6 Å². The molecule has 1 N–H and O–H groups in total. The normalized spacial score (nSPS) is 15.0. The molecule has 0 bridgehead atoms. The molecule has 2 aromatic carbocycles. The van der Waals surface area contributed by atoms with Gasteiger partial charge in [0.25, 0.3) is 5.91 Å². The van der Waals surface area contributed by atoms with E-state index in [4.69, 9.17) is 4.74 Å². The van der Waals surface area contributed by atoms with Crippen LogP contribution in [0.25, 0.3) is 0 Å². The van der Waals surface area contributed by atoms with Gasteiger partial charge < -0.3 is 15.0 Å². The molecule has 1 aliphatic rings. The van der Waals surface area contributed by atoms with E-state index in [1.807, 2.05) is 19.1 Å². The Morgan fingerprint density at radius 3 is 2.70 bits per heavy atom. The van der Waals surface area contributed by atoms with Crippen molar-refractivity contribution in [2.75, 3.05) is 16.8 Å². The minimum absolute atomic E-state index is 0.127. The van der Waals surface area contributed by atoms with Crippen molar-refractivity contribution in [3.05, 3.63) is 52.3 Å². The van der Waals surface area contributed by atoms with Gasteiger partial charge in [0, 0.05) is 24.3 Å². The van der Waals surface area contributed by atoms with Crippen LogP contribution in [0.3, 0.4) is 0 Å². The summed E-state index contributed by atoms with van der Waals surface area (Å²) in [5.74, 6) is -0.200. The summed E-state index contributed by atoms with van der Waals surface area (Å²) in [7, 11) is 0. The standard InChI is InChI=1S/C20H20BrFN2O3/c1-12-10-15(6-7-17(12)24-9-3-4-19(24)25)23-20(26)13(2)27-18-8-5-14(22)11-16(18)21/h5-8,10-11,13H,3-4,9H2,1-2H3,(H,23,26). The molecule has 0 aromatic heterocycles. The van der Waals surface area contributed by atoms with Crippen molar-refractivity contribution in [3.63, 3.8) is 0 Å². The van der Waals surface area contributed by atoms with Crippen LogP contribution in [0.15, 0.2) is 40.9 Å². The maximum atomic E-state index is 13.1. The Kier molecular flexibility index (Phi) is 5.79. The first-order valence-electron chi connectivity index (χ1n) is 8.69. The van der Waals surface area contributed by atoms with Gasteiger partial charge >= 0.3 is 0 Å². The molecular formula is C20H20BrFN2O3. The fraction of sp³-hybridized carbons (Fsp3) is 0.300. The third kappa shape index (κ3) is 4.47. The Morgan fingerprint density at radius 2 is 2.07 bits per heavy atom. The number of aryl methyl sites for hydroxylation is 1. The van der Waals surface area contributed by atoms with Gasteiger partial charge in [0.05, 0.1) is 4.47 Å². The quantitative estimate of drug-likeness (QED) is 0.756. The number of carbonyl (C=O) groups excluding carboxylic acids is 2. The number of halogens is 2. The van der Waals surface area contributed by atoms with Crippen molar-refractivity contribution in [2.24, 2.45) is 0 Å². The number of ether oxygens (including phenoxy) is 1. The van der Waals surface area contributed by atoms with Gasteiger partial charge in [0.1, 0.15) is 11.6 Å². The number of nitrogens with one attached hydrogen (secondary N) is 1. The van der Waals surface area contributed by atoms with Gasteiger partial charge in [0.15, 0.2) is 6.10 Å². The van der Waals surface area contributed by atoms with Gasteiger partial charge in [-0.15, -0.1) is 0 Å². The van der Waals surface area contributed by atoms with E-state index in [-0.39, 0.29) is 11.8 Å². The van der Waals surface area contributed by atoms with E-state index in [2.05, 4.69) is 21.2 Å². The number of anilines is 2. The summed E-state index contributed by atoms with van der Waals surface area (Å²) in [4.78, 5) is 26.1. The molecule has 2 amide bonds. The highest BCUT2D eigenvalue weighted by atomic mass is 79.9. The van der Waals surface area contributed by atoms with Crippen LogP contribution < -0.4 is 15.0 Å². The predicted octanol–water partition coefficient (Wildman–Crippen LogP) is 4.43. The highest BCUT2D eigenvalue weighted by molar-refractivity contribution is 9.10. The Balaban J connectivity index is 1.66. The Hall–Kier alpha value is -2.41. The molecule has 1 atom stereocenters. The zero-order chi connectivity index (χ0) is 19.6. The number of rotatable bonds is 5. The van der Waals surface area contributed by atoms with E-state index in [1.165, 1.54) is 18.2 Å². The molecule has 0 aliphatic carbocycles. The van der Waals surface area contributed by atoms with Crippen molar-refractivity contribution >= 4 is 39.1 Å². The van der Waals surface area contributed by atoms with Crippen LogP contribution in [0.4, 0.5) is 15.8 Å². The lowest BCUT2D eigenvalue weighted by atomic mass is 10.1. The van der Waals surface area contributed by atoms with Crippen molar-refractivity contribution in [1.82, 2.24) is 0 Å². The van der Waals surface area contributed by atoms with E-state index >= 15 is 0 Å². The number of hydrogen-bond donors (Lipinski definition) is 1. The number of nitrogens with zero attached hydrogens (tertiary/aromatic N) is 1. The summed E-state index contributed by atoms with van der Waals surface area (Å²) in [5.41, 5.74) is 2.41. The van der Waals surface area contributed by atoms with E-state index in [9.17, 15) is 14.0 Å². The van der Waals surface area contributed by atoms with Gasteiger partial charge in [0.2, 0.25) is 5.91 Å². The maximum absolute atomic E-state index is 13.1. The van der Waals surface area contributed by atoms with Crippen LogP contribution in [0, 0.1) is 12.7 Å². The van der Waals surface area contributed by atoms with E-state index in [1.54, 1.807) is 17.9 Å². The molecule has 0 radical (unpaired) electrons. The first kappa shape index (κ1) is 19.4. The Bertz CT molecular complexity index is 888. The maximum Gasteiger partial charge on any atom is 0.265 e. The smallest absolute Gasteiger partial charge is 0.265 e. The van der Waals surface area contributed by atoms with Crippen LogP contribution in [0.2, 0.25) is 0 Å². The number of hydrogen-bond acceptors (Lipinski definition) is 3. The molecule has 142 valence electrons. The minimum Gasteiger partial charge on any atom is -0.480 e. The van der Waals surface area contributed by atoms with Gasteiger partial charge in [-0.1, -0.05) is 0 Å². The van der Waals surface area contributed by atoms with Gasteiger partial charge in [-0.2, -0.15) is 0 Å². The van der Waals surface area contributed by atoms with Gasteiger partial charge in [-0.25, -0.2) is 4.39 Å². The lowest BCUT2D eigenvalue weighted by Crippen LogP contribution is -2.30. The molecule has 1 aliphatic heterocycles. The average molecular weight is 435 g/mol. The summed E-state index contributed by atoms with van der Waals surface area (Å²) < 4.78 is 19.2. The SMILES string of the molecule is Cc1cc(NC(=O)C(C)Oc2ccc(F)cc2Br)ccc1N1CCCC1=O. The zero-order valence-electron chi connectivity index (χ0n) is 15.1. The summed E-state index contributed by atoms with van der Waals surface area (Å²) >= 11 is 3.22. The fourth-order valence-electron chi connectivity index (χ4n) is 3.00. The molecule has 1 unspecified atom stereocenters. The van der Waals surface area contributed by atoms with E-state index in [0.717, 1.165) is 24.2 Å². The van der Waals surface area contributed by atoms with Crippen molar-refractivity contribution in [2.45, 2.75) is 32.8 Å². The Labute approximate surface area is 165 Å². The van der Waals surface area contributed by atoms with Gasteiger partial charge in [-0.3, -0.25) is 9.59 Å². The number of carbonyl (C=O) groups is 2. The molecule has 1 saturated heterocycles. The lowest BCUT2D eigenvalue weighted by Gasteiger charge is -2.20. The first-order valence-corrected chi connectivity index (χ1v) is 9.48. The van der Waals surface area contributed by atoms with Crippen LogP contribution in [-0.4, -0.2) is 24.5 Å². The van der Waals surface area contributed by atoms with Crippen LogP contribution >= 0.6 is 15.9 Å². The number of amides is 2. The number of benzene rings is 2. The van der Waals surface area contributed by atoms with Crippen LogP contribution in [0.5, 0.6) is 5.75 Å². The summed E-state index contributed by atoms with van der Waals surface area (Å²) in [6.45, 7) is 4.25. The predicted molar refractivity (Wildman–Crippen MR) is 106 cm³/mol. The average Bonchev–Trinajstić information content (AvgIpc) is 3.03. The second-order valence-electron chi connectivity index (χ2n) is 6.47. The zero-order valence-corrected chi connectivity index (χ0v) is 16.7. The third-order valence-corrected chi connectivity index (χ3v) is 5.02. The second-order valence-corrected chi connectivity index (χ2v) is 7.33. The second kappa shape index (κ2) is 8.08. The minimum atomic E-state index is -0.771. The summed E-state index contributed by atoms with van der Waals surface area (Å²) in [6, 6.07) is 9.46. The monoisotopic (exact) mass is 434 g/mol. The molecular weight excluding hydrogens is 415 g/mol. The fourth-order valence-corrected chi connectivity index (χ4v) is 3.44. The van der Waals surface area contributed by atoms with Crippen molar-refractivity contribution in [3.8, 4) is 5.75 Å². The van der Waals surface area contributed by atoms with E-state index in [0.29, 0.717) is 22.3 Å². The largest absolute Gasteiger partial charge is 0.480 e. The summed E-state index contributed by atoms with van der Waals surface area (Å²) in [6.07, 6.45) is 0.669. The molecule has 2 aromatic rings. The van der Waals surface area contributed by atoms with Crippen LogP contribution in [-0.2, 0) is 9.59 Å². The summed E-state index contributed by atoms with van der Waals surface area (Å²) in [5, 5.41) is 2.81. The highest BCUT2D eigenvalue weighted by Gasteiger charge is 2.23. The molecule has 1 fully saturated rings. The highest BCUT2D eigenvalue weighted by Crippen LogP contribution is 2.28. The third-order valence-electron chi connectivity index (χ3n) is 4.40. The van der Waals surface area contributed by atoms with Crippen LogP contribution in [0.1, 0.15) is 25.3 Å². The molecule has 1 heterocycles. The van der Waals surface area contributed by atoms with Crippen molar-refractivity contribution in [1.29, 1.82) is 0 Å².